The molecule has 9 heteroatoms. The predicted molar refractivity (Wildman–Crippen MR) is 72.7 cm³/mol. The summed E-state index contributed by atoms with van der Waals surface area (Å²) in [6.45, 7) is 3.08. The first kappa shape index (κ1) is 15.4. The number of halogens is 2. The van der Waals surface area contributed by atoms with E-state index in [-0.39, 0.29) is 0 Å². The van der Waals surface area contributed by atoms with Crippen LogP contribution in [0.1, 0.15) is 12.7 Å². The SMILES string of the molecule is CCn1cnnc1CNc1ccc(S(=O)(=O)C(F)F)cc1. The summed E-state index contributed by atoms with van der Waals surface area (Å²) in [5.74, 6) is -2.69. The van der Waals surface area contributed by atoms with E-state index in [0.717, 1.165) is 24.5 Å². The number of nitrogens with one attached hydrogen (secondary N) is 1. The molecule has 1 heterocycles. The van der Waals surface area contributed by atoms with Gasteiger partial charge in [-0.25, -0.2) is 8.42 Å². The van der Waals surface area contributed by atoms with Crippen molar-refractivity contribution >= 4 is 15.5 Å². The Labute approximate surface area is 120 Å². The minimum Gasteiger partial charge on any atom is -0.378 e. The van der Waals surface area contributed by atoms with Gasteiger partial charge in [0.15, 0.2) is 5.82 Å². The van der Waals surface area contributed by atoms with Crippen molar-refractivity contribution in [3.63, 3.8) is 0 Å². The van der Waals surface area contributed by atoms with Gasteiger partial charge in [0.1, 0.15) is 6.33 Å². The average Bonchev–Trinajstić information content (AvgIpc) is 2.92. The fourth-order valence-corrected chi connectivity index (χ4v) is 2.45. The summed E-state index contributed by atoms with van der Waals surface area (Å²) >= 11 is 0. The second-order valence-electron chi connectivity index (χ2n) is 4.22. The van der Waals surface area contributed by atoms with Crippen LogP contribution in [-0.4, -0.2) is 28.9 Å². The first-order chi connectivity index (χ1) is 9.95. The molecule has 0 saturated carbocycles. The molecule has 0 spiro atoms. The molecule has 2 rings (SSSR count). The van der Waals surface area contributed by atoms with Crippen LogP contribution in [-0.2, 0) is 22.9 Å². The minimum atomic E-state index is -4.55. The number of rotatable bonds is 6. The van der Waals surface area contributed by atoms with Crippen LogP contribution in [0.5, 0.6) is 0 Å². The summed E-state index contributed by atoms with van der Waals surface area (Å²) in [6.07, 6.45) is 1.61. The molecule has 0 fully saturated rings. The largest absolute Gasteiger partial charge is 0.378 e. The van der Waals surface area contributed by atoms with Gasteiger partial charge in [0.2, 0.25) is 9.84 Å². The number of nitrogens with zero attached hydrogens (tertiary/aromatic N) is 3. The zero-order valence-corrected chi connectivity index (χ0v) is 12.0. The minimum absolute atomic E-state index is 0.398. The zero-order valence-electron chi connectivity index (χ0n) is 11.2. The van der Waals surface area contributed by atoms with E-state index in [4.69, 9.17) is 0 Å². The highest BCUT2D eigenvalue weighted by Crippen LogP contribution is 2.20. The summed E-state index contributed by atoms with van der Waals surface area (Å²) in [6, 6.07) is 5.16. The fraction of sp³-hybridized carbons (Fsp3) is 0.333. The molecular formula is C12H14F2N4O2S. The molecule has 1 N–H and O–H groups in total. The molecule has 0 aliphatic rings. The third-order valence-corrected chi connectivity index (χ3v) is 4.30. The average molecular weight is 316 g/mol. The molecule has 2 aromatic rings. The number of sulfone groups is 1. The summed E-state index contributed by atoms with van der Waals surface area (Å²) in [7, 11) is -4.55. The molecule has 0 atom stereocenters. The zero-order chi connectivity index (χ0) is 15.5. The van der Waals surface area contributed by atoms with Gasteiger partial charge in [-0.05, 0) is 31.2 Å². The van der Waals surface area contributed by atoms with Gasteiger partial charge >= 0.3 is 5.76 Å². The Morgan fingerprint density at radius 1 is 1.29 bits per heavy atom. The Kier molecular flexibility index (Phi) is 4.51. The lowest BCUT2D eigenvalue weighted by atomic mass is 10.3. The number of hydrogen-bond donors (Lipinski definition) is 1. The van der Waals surface area contributed by atoms with E-state index in [1.807, 2.05) is 11.5 Å². The maximum atomic E-state index is 12.4. The third kappa shape index (κ3) is 3.35. The summed E-state index contributed by atoms with van der Waals surface area (Å²) in [4.78, 5) is -0.403. The number of alkyl halides is 2. The molecular weight excluding hydrogens is 302 g/mol. The van der Waals surface area contributed by atoms with E-state index in [9.17, 15) is 17.2 Å². The normalized spacial score (nSPS) is 11.8. The number of aromatic nitrogens is 3. The molecule has 114 valence electrons. The van der Waals surface area contributed by atoms with Crippen molar-refractivity contribution in [2.24, 2.45) is 0 Å². The lowest BCUT2D eigenvalue weighted by Crippen LogP contribution is -2.11. The summed E-state index contributed by atoms with van der Waals surface area (Å²) in [5.41, 5.74) is 0.605. The number of aryl methyl sites for hydroxylation is 1. The van der Waals surface area contributed by atoms with E-state index in [0.29, 0.717) is 12.2 Å². The molecule has 0 aliphatic heterocycles. The molecule has 0 unspecified atom stereocenters. The maximum absolute atomic E-state index is 12.4. The van der Waals surface area contributed by atoms with Crippen LogP contribution < -0.4 is 5.32 Å². The van der Waals surface area contributed by atoms with Crippen molar-refractivity contribution in [1.82, 2.24) is 14.8 Å². The smallest absolute Gasteiger partial charge is 0.341 e. The van der Waals surface area contributed by atoms with E-state index in [2.05, 4.69) is 15.5 Å². The van der Waals surface area contributed by atoms with Crippen LogP contribution in [0.4, 0.5) is 14.5 Å². The third-order valence-electron chi connectivity index (χ3n) is 2.90. The quantitative estimate of drug-likeness (QED) is 0.881. The number of benzene rings is 1. The molecule has 1 aromatic carbocycles. The Bertz CT molecular complexity index is 698. The van der Waals surface area contributed by atoms with Crippen molar-refractivity contribution in [1.29, 1.82) is 0 Å². The molecule has 0 amide bonds. The second-order valence-corrected chi connectivity index (χ2v) is 6.13. The van der Waals surface area contributed by atoms with Crippen LogP contribution in [0.3, 0.4) is 0 Å². The Balaban J connectivity index is 2.07. The lowest BCUT2D eigenvalue weighted by molar-refractivity contribution is 0.234. The molecule has 21 heavy (non-hydrogen) atoms. The molecule has 0 bridgehead atoms. The Morgan fingerprint density at radius 3 is 2.52 bits per heavy atom. The fourth-order valence-electron chi connectivity index (χ4n) is 1.73. The van der Waals surface area contributed by atoms with Crippen molar-refractivity contribution < 1.29 is 17.2 Å². The standard InChI is InChI=1S/C12H14F2N4O2S/c1-2-18-8-16-17-11(18)7-15-9-3-5-10(6-4-9)21(19,20)12(13)14/h3-6,8,12,15H,2,7H2,1H3. The highest BCUT2D eigenvalue weighted by atomic mass is 32.2. The molecule has 0 aliphatic carbocycles. The second kappa shape index (κ2) is 6.17. The first-order valence-corrected chi connectivity index (χ1v) is 7.72. The van der Waals surface area contributed by atoms with Gasteiger partial charge in [-0.2, -0.15) is 8.78 Å². The van der Waals surface area contributed by atoms with E-state index in [1.54, 1.807) is 6.33 Å². The monoisotopic (exact) mass is 316 g/mol. The Morgan fingerprint density at radius 2 is 1.95 bits per heavy atom. The number of hydrogen-bond acceptors (Lipinski definition) is 5. The summed E-state index contributed by atoms with van der Waals surface area (Å²) < 4.78 is 49.2. The van der Waals surface area contributed by atoms with Crippen LogP contribution in [0, 0.1) is 0 Å². The summed E-state index contributed by atoms with van der Waals surface area (Å²) in [5, 5.41) is 10.7. The Hall–Kier alpha value is -2.03. The van der Waals surface area contributed by atoms with Crippen LogP contribution in [0.15, 0.2) is 35.5 Å². The molecule has 6 nitrogen and oxygen atoms in total. The molecule has 1 aromatic heterocycles. The maximum Gasteiger partial charge on any atom is 0.341 e. The first-order valence-electron chi connectivity index (χ1n) is 6.18. The van der Waals surface area contributed by atoms with Crippen molar-refractivity contribution in [2.45, 2.75) is 30.7 Å². The van der Waals surface area contributed by atoms with Gasteiger partial charge in [0.25, 0.3) is 0 Å². The van der Waals surface area contributed by atoms with E-state index >= 15 is 0 Å². The van der Waals surface area contributed by atoms with E-state index in [1.165, 1.54) is 12.1 Å². The predicted octanol–water partition coefficient (Wildman–Crippen LogP) is 1.91. The van der Waals surface area contributed by atoms with Crippen LogP contribution in [0.25, 0.3) is 0 Å². The van der Waals surface area contributed by atoms with Gasteiger partial charge in [-0.3, -0.25) is 0 Å². The highest BCUT2D eigenvalue weighted by molar-refractivity contribution is 7.91. The van der Waals surface area contributed by atoms with Gasteiger partial charge in [0, 0.05) is 12.2 Å². The highest BCUT2D eigenvalue weighted by Gasteiger charge is 2.26. The van der Waals surface area contributed by atoms with Gasteiger partial charge in [-0.15, -0.1) is 10.2 Å². The lowest BCUT2D eigenvalue weighted by Gasteiger charge is -2.08. The molecule has 0 saturated heterocycles. The van der Waals surface area contributed by atoms with Crippen molar-refractivity contribution in [3.8, 4) is 0 Å². The van der Waals surface area contributed by atoms with Crippen LogP contribution in [0.2, 0.25) is 0 Å². The van der Waals surface area contributed by atoms with Crippen LogP contribution >= 0.6 is 0 Å². The van der Waals surface area contributed by atoms with Gasteiger partial charge < -0.3 is 9.88 Å². The molecule has 0 radical (unpaired) electrons. The van der Waals surface area contributed by atoms with E-state index < -0.39 is 20.5 Å². The number of anilines is 1. The topological polar surface area (TPSA) is 76.9 Å². The van der Waals surface area contributed by atoms with Gasteiger partial charge in [0.05, 0.1) is 11.4 Å². The van der Waals surface area contributed by atoms with Crippen molar-refractivity contribution in [3.05, 3.63) is 36.4 Å². The van der Waals surface area contributed by atoms with Crippen molar-refractivity contribution in [2.75, 3.05) is 5.32 Å². The van der Waals surface area contributed by atoms with Gasteiger partial charge in [-0.1, -0.05) is 0 Å².